The molecular weight excluding hydrogens is 458 g/mol. The SMILES string of the molecule is CN(C)CCOc1cncc(-c2cnc3n[nH]c(-c4cc5c(-c6cccs6)cncc5[nH]4)c3c2)c1. The zero-order valence-corrected chi connectivity index (χ0v) is 20.1. The van der Waals surface area contributed by atoms with Crippen LogP contribution in [0.25, 0.3) is 54.9 Å². The summed E-state index contributed by atoms with van der Waals surface area (Å²) in [7, 11) is 4.04. The molecule has 9 heteroatoms. The van der Waals surface area contributed by atoms with Gasteiger partial charge < -0.3 is 14.6 Å². The topological polar surface area (TPSA) is 95.6 Å². The molecule has 6 rings (SSSR count). The quantitative estimate of drug-likeness (QED) is 0.324. The molecular formula is C26H23N7OS. The van der Waals surface area contributed by atoms with E-state index in [4.69, 9.17) is 4.74 Å². The molecule has 0 aliphatic rings. The van der Waals surface area contributed by atoms with Gasteiger partial charge in [0.2, 0.25) is 0 Å². The molecule has 0 unspecified atom stereocenters. The van der Waals surface area contributed by atoms with Crippen LogP contribution >= 0.6 is 11.3 Å². The Labute approximate surface area is 205 Å². The molecule has 6 heterocycles. The summed E-state index contributed by atoms with van der Waals surface area (Å²) in [4.78, 5) is 20.2. The molecule has 0 aliphatic carbocycles. The number of hydrogen-bond acceptors (Lipinski definition) is 7. The van der Waals surface area contributed by atoms with E-state index >= 15 is 0 Å². The van der Waals surface area contributed by atoms with E-state index in [1.54, 1.807) is 17.5 Å². The second kappa shape index (κ2) is 8.94. The molecule has 174 valence electrons. The predicted molar refractivity (Wildman–Crippen MR) is 140 cm³/mol. The molecule has 2 N–H and O–H groups in total. The number of nitrogens with one attached hydrogen (secondary N) is 2. The number of fused-ring (bicyclic) bond motifs is 2. The number of aromatic amines is 2. The molecule has 0 saturated heterocycles. The summed E-state index contributed by atoms with van der Waals surface area (Å²) in [5.41, 5.74) is 6.45. The van der Waals surface area contributed by atoms with Crippen molar-refractivity contribution in [2.45, 2.75) is 0 Å². The summed E-state index contributed by atoms with van der Waals surface area (Å²) in [6, 6.07) is 10.4. The summed E-state index contributed by atoms with van der Waals surface area (Å²) in [6.45, 7) is 1.44. The van der Waals surface area contributed by atoms with Gasteiger partial charge >= 0.3 is 0 Å². The lowest BCUT2D eigenvalue weighted by Gasteiger charge is -2.11. The number of ether oxygens (including phenoxy) is 1. The van der Waals surface area contributed by atoms with Gasteiger partial charge in [0.05, 0.1) is 29.3 Å². The third-order valence-electron chi connectivity index (χ3n) is 5.86. The maximum absolute atomic E-state index is 5.87. The molecule has 0 amide bonds. The van der Waals surface area contributed by atoms with Crippen LogP contribution < -0.4 is 4.74 Å². The van der Waals surface area contributed by atoms with E-state index in [1.165, 1.54) is 4.88 Å². The standard InChI is InChI=1S/C26H23N7OS/c1-33(2)5-6-34-18-8-16(11-27-13-18)17-9-20-25(31-32-26(20)29-12-17)22-10-19-21(24-4-3-7-35-24)14-28-15-23(19)30-22/h3-4,7-15,30H,5-6H2,1-2H3,(H,29,31,32). The highest BCUT2D eigenvalue weighted by molar-refractivity contribution is 7.13. The van der Waals surface area contributed by atoms with Crippen LogP contribution in [0.4, 0.5) is 0 Å². The molecule has 0 fully saturated rings. The fourth-order valence-electron chi connectivity index (χ4n) is 4.08. The molecule has 35 heavy (non-hydrogen) atoms. The molecule has 0 radical (unpaired) electrons. The monoisotopic (exact) mass is 481 g/mol. The molecule has 0 atom stereocenters. The highest BCUT2D eigenvalue weighted by Crippen LogP contribution is 2.35. The molecule has 0 saturated carbocycles. The van der Waals surface area contributed by atoms with E-state index < -0.39 is 0 Å². The Morgan fingerprint density at radius 2 is 1.86 bits per heavy atom. The number of pyridine rings is 3. The number of likely N-dealkylation sites (N-methyl/N-ethyl adjacent to an activating group) is 1. The average Bonchev–Trinajstić information content (AvgIpc) is 3.62. The first-order valence-corrected chi connectivity index (χ1v) is 12.1. The van der Waals surface area contributed by atoms with Gasteiger partial charge in [-0.25, -0.2) is 4.98 Å². The van der Waals surface area contributed by atoms with Crippen molar-refractivity contribution in [1.82, 2.24) is 35.0 Å². The van der Waals surface area contributed by atoms with Gasteiger partial charge in [-0.1, -0.05) is 6.07 Å². The van der Waals surface area contributed by atoms with E-state index in [0.29, 0.717) is 12.3 Å². The lowest BCUT2D eigenvalue weighted by atomic mass is 10.1. The minimum atomic E-state index is 0.601. The zero-order chi connectivity index (χ0) is 23.8. The second-order valence-electron chi connectivity index (χ2n) is 8.56. The van der Waals surface area contributed by atoms with Crippen molar-refractivity contribution in [2.75, 3.05) is 27.2 Å². The Hall–Kier alpha value is -4.08. The Kier molecular flexibility index (Phi) is 5.48. The smallest absolute Gasteiger partial charge is 0.181 e. The summed E-state index contributed by atoms with van der Waals surface area (Å²) < 4.78 is 5.87. The molecule has 8 nitrogen and oxygen atoms in total. The highest BCUT2D eigenvalue weighted by atomic mass is 32.1. The zero-order valence-electron chi connectivity index (χ0n) is 19.3. The Balaban J connectivity index is 1.38. The summed E-state index contributed by atoms with van der Waals surface area (Å²) >= 11 is 1.70. The minimum Gasteiger partial charge on any atom is -0.491 e. The van der Waals surface area contributed by atoms with E-state index in [-0.39, 0.29) is 0 Å². The third kappa shape index (κ3) is 4.16. The Morgan fingerprint density at radius 3 is 2.71 bits per heavy atom. The van der Waals surface area contributed by atoms with Crippen molar-refractivity contribution in [3.63, 3.8) is 0 Å². The van der Waals surface area contributed by atoms with Gasteiger partial charge in [0.25, 0.3) is 0 Å². The van der Waals surface area contributed by atoms with Crippen molar-refractivity contribution >= 4 is 33.3 Å². The number of H-pyrrole nitrogens is 2. The van der Waals surface area contributed by atoms with Crippen LogP contribution in [0.15, 0.2) is 66.7 Å². The molecule has 6 aromatic rings. The molecule has 0 bridgehead atoms. The van der Waals surface area contributed by atoms with Crippen LogP contribution in [0.2, 0.25) is 0 Å². The normalized spacial score (nSPS) is 11.6. The van der Waals surface area contributed by atoms with Gasteiger partial charge in [-0.2, -0.15) is 5.10 Å². The van der Waals surface area contributed by atoms with Crippen molar-refractivity contribution in [1.29, 1.82) is 0 Å². The van der Waals surface area contributed by atoms with Gasteiger partial charge in [-0.15, -0.1) is 11.3 Å². The predicted octanol–water partition coefficient (Wildman–Crippen LogP) is 5.23. The molecule has 0 aromatic carbocycles. The molecule has 0 aliphatic heterocycles. The Bertz CT molecular complexity index is 1620. The average molecular weight is 482 g/mol. The van der Waals surface area contributed by atoms with Crippen LogP contribution in [0, 0.1) is 0 Å². The Morgan fingerprint density at radius 1 is 0.971 bits per heavy atom. The van der Waals surface area contributed by atoms with Crippen molar-refractivity contribution in [3.8, 4) is 38.7 Å². The van der Waals surface area contributed by atoms with Gasteiger partial charge in [0, 0.05) is 57.5 Å². The van der Waals surface area contributed by atoms with Crippen LogP contribution in [0.1, 0.15) is 0 Å². The van der Waals surface area contributed by atoms with E-state index in [2.05, 4.69) is 64.7 Å². The van der Waals surface area contributed by atoms with Crippen molar-refractivity contribution in [2.24, 2.45) is 0 Å². The van der Waals surface area contributed by atoms with E-state index in [0.717, 1.165) is 56.7 Å². The van der Waals surface area contributed by atoms with E-state index in [9.17, 15) is 0 Å². The fraction of sp³-hybridized carbons (Fsp3) is 0.154. The van der Waals surface area contributed by atoms with Crippen molar-refractivity contribution < 1.29 is 4.74 Å². The van der Waals surface area contributed by atoms with Gasteiger partial charge in [0.1, 0.15) is 12.4 Å². The first-order valence-electron chi connectivity index (χ1n) is 11.2. The van der Waals surface area contributed by atoms with Crippen LogP contribution in [0.5, 0.6) is 5.75 Å². The summed E-state index contributed by atoms with van der Waals surface area (Å²) in [5.74, 6) is 0.737. The summed E-state index contributed by atoms with van der Waals surface area (Å²) in [5, 5.41) is 11.7. The van der Waals surface area contributed by atoms with E-state index in [1.807, 2.05) is 44.9 Å². The first-order chi connectivity index (χ1) is 17.2. The van der Waals surface area contributed by atoms with Gasteiger partial charge in [-0.3, -0.25) is 15.1 Å². The molecule has 0 spiro atoms. The lowest BCUT2D eigenvalue weighted by molar-refractivity contribution is 0.261. The third-order valence-corrected chi connectivity index (χ3v) is 6.77. The van der Waals surface area contributed by atoms with Crippen LogP contribution in [-0.4, -0.2) is 62.3 Å². The molecule has 6 aromatic heterocycles. The summed E-state index contributed by atoms with van der Waals surface area (Å²) in [6.07, 6.45) is 9.14. The van der Waals surface area contributed by atoms with Gasteiger partial charge in [0.15, 0.2) is 5.65 Å². The lowest BCUT2D eigenvalue weighted by Crippen LogP contribution is -2.19. The number of rotatable bonds is 7. The fourth-order valence-corrected chi connectivity index (χ4v) is 4.83. The minimum absolute atomic E-state index is 0.601. The number of thiophene rings is 1. The van der Waals surface area contributed by atoms with Crippen LogP contribution in [-0.2, 0) is 0 Å². The van der Waals surface area contributed by atoms with Crippen LogP contribution in [0.3, 0.4) is 0 Å². The van der Waals surface area contributed by atoms with Crippen molar-refractivity contribution in [3.05, 3.63) is 66.7 Å². The van der Waals surface area contributed by atoms with Gasteiger partial charge in [-0.05, 0) is 43.7 Å². The largest absolute Gasteiger partial charge is 0.491 e. The first kappa shape index (κ1) is 21.5. The maximum Gasteiger partial charge on any atom is 0.181 e. The second-order valence-corrected chi connectivity index (χ2v) is 9.51. The number of hydrogen-bond donors (Lipinski definition) is 2. The number of aromatic nitrogens is 6. The highest BCUT2D eigenvalue weighted by Gasteiger charge is 2.15. The number of nitrogens with zero attached hydrogens (tertiary/aromatic N) is 5. The maximum atomic E-state index is 5.87.